The number of rotatable bonds is 4. The summed E-state index contributed by atoms with van der Waals surface area (Å²) in [5.74, 6) is 1.20. The van der Waals surface area contributed by atoms with Gasteiger partial charge in [-0.15, -0.1) is 0 Å². The first kappa shape index (κ1) is 13.4. The van der Waals surface area contributed by atoms with Crippen LogP contribution in [0.3, 0.4) is 0 Å². The number of aromatic nitrogens is 3. The number of aryl methyl sites for hydroxylation is 1. The Morgan fingerprint density at radius 1 is 1.37 bits per heavy atom. The average Bonchev–Trinajstić information content (AvgIpc) is 2.40. The van der Waals surface area contributed by atoms with Crippen molar-refractivity contribution in [3.63, 3.8) is 0 Å². The van der Waals surface area contributed by atoms with Gasteiger partial charge in [0, 0.05) is 12.4 Å². The molecule has 0 spiro atoms. The summed E-state index contributed by atoms with van der Waals surface area (Å²) in [7, 11) is 0. The summed E-state index contributed by atoms with van der Waals surface area (Å²) < 4.78 is 5.54. The Balaban J connectivity index is 2.54. The number of ether oxygens (including phenoxy) is 1. The van der Waals surface area contributed by atoms with E-state index in [1.54, 1.807) is 12.4 Å². The van der Waals surface area contributed by atoms with Gasteiger partial charge < -0.3 is 10.5 Å². The van der Waals surface area contributed by atoms with Gasteiger partial charge in [-0.2, -0.15) is 0 Å². The Bertz CT molecular complexity index is 569. The third-order valence-corrected chi connectivity index (χ3v) is 2.70. The maximum Gasteiger partial charge on any atom is 0.222 e. The normalized spacial score (nSPS) is 12.2. The smallest absolute Gasteiger partial charge is 0.222 e. The lowest BCUT2D eigenvalue weighted by Crippen LogP contribution is -2.11. The zero-order valence-electron chi connectivity index (χ0n) is 11.4. The summed E-state index contributed by atoms with van der Waals surface area (Å²) in [6.45, 7) is 6.32. The number of nitrogens with two attached hydrogens (primary N) is 1. The van der Waals surface area contributed by atoms with Crippen LogP contribution in [-0.4, -0.2) is 21.6 Å². The standard InChI is InChI=1S/C14H18N4O/c1-4-19-14-11(6-5-7-16-14)12-9(2)8-17-13(18-12)10(3)15/h5-8,10H,4,15H2,1-3H3. The fourth-order valence-electron chi connectivity index (χ4n) is 1.77. The van der Waals surface area contributed by atoms with Crippen molar-refractivity contribution in [3.05, 3.63) is 35.9 Å². The van der Waals surface area contributed by atoms with Gasteiger partial charge in [-0.05, 0) is 38.5 Å². The van der Waals surface area contributed by atoms with Crippen LogP contribution in [0.2, 0.25) is 0 Å². The van der Waals surface area contributed by atoms with Crippen LogP contribution in [0.5, 0.6) is 5.88 Å². The fourth-order valence-corrected chi connectivity index (χ4v) is 1.77. The molecule has 0 saturated heterocycles. The molecule has 2 aromatic heterocycles. The van der Waals surface area contributed by atoms with Crippen LogP contribution in [0.4, 0.5) is 0 Å². The van der Waals surface area contributed by atoms with Gasteiger partial charge in [0.15, 0.2) is 0 Å². The van der Waals surface area contributed by atoms with E-state index in [0.717, 1.165) is 16.8 Å². The van der Waals surface area contributed by atoms with Crippen LogP contribution in [-0.2, 0) is 0 Å². The van der Waals surface area contributed by atoms with Crippen molar-refractivity contribution in [1.82, 2.24) is 15.0 Å². The molecule has 0 amide bonds. The SMILES string of the molecule is CCOc1ncccc1-c1nc(C(C)N)ncc1C. The van der Waals surface area contributed by atoms with E-state index in [2.05, 4.69) is 15.0 Å². The molecule has 0 fully saturated rings. The third kappa shape index (κ3) is 2.88. The fraction of sp³-hybridized carbons (Fsp3) is 0.357. The van der Waals surface area contributed by atoms with Crippen molar-refractivity contribution in [3.8, 4) is 17.1 Å². The molecule has 0 radical (unpaired) electrons. The molecule has 1 unspecified atom stereocenters. The Labute approximate surface area is 112 Å². The first-order chi connectivity index (χ1) is 9.13. The molecule has 2 rings (SSSR count). The van der Waals surface area contributed by atoms with Gasteiger partial charge >= 0.3 is 0 Å². The highest BCUT2D eigenvalue weighted by atomic mass is 16.5. The summed E-state index contributed by atoms with van der Waals surface area (Å²) in [5, 5.41) is 0. The van der Waals surface area contributed by atoms with E-state index >= 15 is 0 Å². The highest BCUT2D eigenvalue weighted by Gasteiger charge is 2.13. The highest BCUT2D eigenvalue weighted by Crippen LogP contribution is 2.28. The van der Waals surface area contributed by atoms with Crippen molar-refractivity contribution in [1.29, 1.82) is 0 Å². The zero-order chi connectivity index (χ0) is 13.8. The summed E-state index contributed by atoms with van der Waals surface area (Å²) in [6, 6.07) is 3.61. The molecular formula is C14H18N4O. The van der Waals surface area contributed by atoms with E-state index in [-0.39, 0.29) is 6.04 Å². The molecule has 100 valence electrons. The largest absolute Gasteiger partial charge is 0.477 e. The predicted molar refractivity (Wildman–Crippen MR) is 73.8 cm³/mol. The predicted octanol–water partition coefficient (Wildman–Crippen LogP) is 2.27. The molecule has 0 aromatic carbocycles. The van der Waals surface area contributed by atoms with Crippen molar-refractivity contribution in [2.45, 2.75) is 26.8 Å². The molecule has 2 N–H and O–H groups in total. The summed E-state index contributed by atoms with van der Waals surface area (Å²) in [5.41, 5.74) is 8.49. The number of hydrogen-bond donors (Lipinski definition) is 1. The van der Waals surface area contributed by atoms with Crippen molar-refractivity contribution >= 4 is 0 Å². The Hall–Kier alpha value is -2.01. The van der Waals surface area contributed by atoms with E-state index < -0.39 is 0 Å². The second-order valence-electron chi connectivity index (χ2n) is 4.34. The van der Waals surface area contributed by atoms with Crippen molar-refractivity contribution in [2.24, 2.45) is 5.73 Å². The van der Waals surface area contributed by atoms with Crippen LogP contribution < -0.4 is 10.5 Å². The van der Waals surface area contributed by atoms with E-state index in [4.69, 9.17) is 10.5 Å². The van der Waals surface area contributed by atoms with Gasteiger partial charge in [0.1, 0.15) is 5.82 Å². The maximum atomic E-state index is 5.84. The van der Waals surface area contributed by atoms with E-state index in [0.29, 0.717) is 18.3 Å². The number of hydrogen-bond acceptors (Lipinski definition) is 5. The van der Waals surface area contributed by atoms with Gasteiger partial charge in [-0.3, -0.25) is 0 Å². The third-order valence-electron chi connectivity index (χ3n) is 2.70. The van der Waals surface area contributed by atoms with Gasteiger partial charge in [0.05, 0.1) is 23.9 Å². The monoisotopic (exact) mass is 258 g/mol. The molecule has 2 heterocycles. The Morgan fingerprint density at radius 3 is 2.84 bits per heavy atom. The minimum Gasteiger partial charge on any atom is -0.477 e. The summed E-state index contributed by atoms with van der Waals surface area (Å²) in [6.07, 6.45) is 3.49. The topological polar surface area (TPSA) is 73.9 Å². The quantitative estimate of drug-likeness (QED) is 0.910. The highest BCUT2D eigenvalue weighted by molar-refractivity contribution is 5.67. The van der Waals surface area contributed by atoms with Crippen LogP contribution in [0, 0.1) is 6.92 Å². The first-order valence-electron chi connectivity index (χ1n) is 6.30. The first-order valence-corrected chi connectivity index (χ1v) is 6.30. The Kier molecular flexibility index (Phi) is 4.06. The Morgan fingerprint density at radius 2 is 2.16 bits per heavy atom. The maximum absolute atomic E-state index is 5.84. The lowest BCUT2D eigenvalue weighted by Gasteiger charge is -2.12. The lowest BCUT2D eigenvalue weighted by molar-refractivity contribution is 0.328. The molecule has 0 aliphatic carbocycles. The van der Waals surface area contributed by atoms with Crippen LogP contribution in [0.25, 0.3) is 11.3 Å². The van der Waals surface area contributed by atoms with Crippen LogP contribution >= 0.6 is 0 Å². The second kappa shape index (κ2) is 5.75. The molecule has 0 aliphatic heterocycles. The summed E-state index contributed by atoms with van der Waals surface area (Å²) >= 11 is 0. The van der Waals surface area contributed by atoms with Gasteiger partial charge in [-0.25, -0.2) is 15.0 Å². The molecular weight excluding hydrogens is 240 g/mol. The molecule has 19 heavy (non-hydrogen) atoms. The molecule has 0 saturated carbocycles. The molecule has 1 atom stereocenters. The van der Waals surface area contributed by atoms with Crippen molar-refractivity contribution in [2.75, 3.05) is 6.61 Å². The molecule has 0 bridgehead atoms. The van der Waals surface area contributed by atoms with E-state index in [1.807, 2.05) is 32.9 Å². The van der Waals surface area contributed by atoms with E-state index in [1.165, 1.54) is 0 Å². The summed E-state index contributed by atoms with van der Waals surface area (Å²) in [4.78, 5) is 13.0. The van der Waals surface area contributed by atoms with Gasteiger partial charge in [0.2, 0.25) is 5.88 Å². The van der Waals surface area contributed by atoms with E-state index in [9.17, 15) is 0 Å². The minimum atomic E-state index is -0.202. The van der Waals surface area contributed by atoms with Gasteiger partial charge in [-0.1, -0.05) is 0 Å². The molecule has 0 aliphatic rings. The number of nitrogens with zero attached hydrogens (tertiary/aromatic N) is 3. The second-order valence-corrected chi connectivity index (χ2v) is 4.34. The molecule has 2 aromatic rings. The molecule has 5 heteroatoms. The number of pyridine rings is 1. The van der Waals surface area contributed by atoms with Crippen molar-refractivity contribution < 1.29 is 4.74 Å². The average molecular weight is 258 g/mol. The van der Waals surface area contributed by atoms with Crippen LogP contribution in [0.1, 0.15) is 31.3 Å². The minimum absolute atomic E-state index is 0.202. The lowest BCUT2D eigenvalue weighted by atomic mass is 10.1. The van der Waals surface area contributed by atoms with Gasteiger partial charge in [0.25, 0.3) is 0 Å². The van der Waals surface area contributed by atoms with Crippen LogP contribution in [0.15, 0.2) is 24.5 Å². The molecule has 5 nitrogen and oxygen atoms in total. The zero-order valence-corrected chi connectivity index (χ0v) is 11.4.